The number of carboxylic acid groups (broad SMARTS) is 1. The highest BCUT2D eigenvalue weighted by Gasteiger charge is 2.53. The van der Waals surface area contributed by atoms with E-state index in [-0.39, 0.29) is 5.91 Å². The Hall–Kier alpha value is -1.14. The lowest BCUT2D eigenvalue weighted by atomic mass is 9.67. The molecule has 1 saturated heterocycles. The van der Waals surface area contributed by atoms with E-state index in [2.05, 4.69) is 4.90 Å². The summed E-state index contributed by atoms with van der Waals surface area (Å²) in [6, 6.07) is 0. The van der Waals surface area contributed by atoms with Gasteiger partial charge in [0, 0.05) is 32.7 Å². The van der Waals surface area contributed by atoms with Crippen molar-refractivity contribution in [1.82, 2.24) is 9.80 Å². The number of β-amino-alcohol motifs (C(OH)–C–C–N with tert-alkyl or cyclic N) is 1. The minimum Gasteiger partial charge on any atom is -0.480 e. The number of carboxylic acids is 1. The third-order valence-corrected chi connectivity index (χ3v) is 4.30. The maximum Gasteiger partial charge on any atom is 0.319 e. The predicted molar refractivity (Wildman–Crippen MR) is 73.2 cm³/mol. The average Bonchev–Trinajstić information content (AvgIpc) is 2.25. The minimum absolute atomic E-state index is 0.223. The van der Waals surface area contributed by atoms with Crippen LogP contribution in [0.4, 0.5) is 0 Å². The van der Waals surface area contributed by atoms with Crippen molar-refractivity contribution in [3.63, 3.8) is 0 Å². The average molecular weight is 284 g/mol. The molecule has 0 aromatic carbocycles. The van der Waals surface area contributed by atoms with Crippen LogP contribution in [0.2, 0.25) is 0 Å². The first-order valence-electron chi connectivity index (χ1n) is 7.22. The summed E-state index contributed by atoms with van der Waals surface area (Å²) >= 11 is 0. The topological polar surface area (TPSA) is 81.1 Å². The first-order chi connectivity index (χ1) is 9.24. The fourth-order valence-electron chi connectivity index (χ4n) is 3.01. The van der Waals surface area contributed by atoms with Gasteiger partial charge in [0.05, 0.1) is 5.60 Å². The lowest BCUT2D eigenvalue weighted by Crippen LogP contribution is -2.58. The lowest BCUT2D eigenvalue weighted by molar-refractivity contribution is -0.168. The van der Waals surface area contributed by atoms with Gasteiger partial charge in [-0.25, -0.2) is 0 Å². The number of nitrogens with zero attached hydrogens (tertiary/aromatic N) is 2. The number of amides is 1. The highest BCUT2D eigenvalue weighted by atomic mass is 16.4. The van der Waals surface area contributed by atoms with Gasteiger partial charge in [-0.1, -0.05) is 6.42 Å². The molecule has 6 nitrogen and oxygen atoms in total. The van der Waals surface area contributed by atoms with Crippen molar-refractivity contribution in [2.24, 2.45) is 5.41 Å². The molecule has 0 unspecified atom stereocenters. The number of aliphatic hydroxyl groups is 1. The Morgan fingerprint density at radius 1 is 1.15 bits per heavy atom. The molecule has 2 fully saturated rings. The van der Waals surface area contributed by atoms with E-state index >= 15 is 0 Å². The van der Waals surface area contributed by atoms with E-state index in [9.17, 15) is 19.8 Å². The minimum atomic E-state index is -1.15. The van der Waals surface area contributed by atoms with Crippen molar-refractivity contribution in [2.75, 3.05) is 32.7 Å². The van der Waals surface area contributed by atoms with E-state index in [0.29, 0.717) is 45.6 Å². The molecule has 2 aliphatic rings. The van der Waals surface area contributed by atoms with Crippen LogP contribution < -0.4 is 0 Å². The molecule has 0 spiro atoms. The predicted octanol–water partition coefficient (Wildman–Crippen LogP) is 0.156. The summed E-state index contributed by atoms with van der Waals surface area (Å²) in [7, 11) is 0. The molecular formula is C14H24N2O4. The monoisotopic (exact) mass is 284 g/mol. The van der Waals surface area contributed by atoms with Crippen molar-refractivity contribution in [3.05, 3.63) is 0 Å². The zero-order valence-corrected chi connectivity index (χ0v) is 12.3. The van der Waals surface area contributed by atoms with Crippen LogP contribution in [-0.4, -0.2) is 70.2 Å². The molecule has 20 heavy (non-hydrogen) atoms. The molecule has 1 aliphatic carbocycles. The zero-order chi connectivity index (χ0) is 15.0. The molecular weight excluding hydrogens is 260 g/mol. The standard InChI is InChI=1S/C14H24N2O4/c1-13(2,20)10-15-6-8-16(9-7-15)11(17)14(12(18)19)4-3-5-14/h20H,3-10H2,1-2H3,(H,18,19). The second-order valence-corrected chi connectivity index (χ2v) is 6.62. The van der Waals surface area contributed by atoms with Crippen molar-refractivity contribution in [1.29, 1.82) is 0 Å². The van der Waals surface area contributed by atoms with Crippen LogP contribution in [0.25, 0.3) is 0 Å². The first-order valence-corrected chi connectivity index (χ1v) is 7.22. The van der Waals surface area contributed by atoms with Gasteiger partial charge in [-0.15, -0.1) is 0 Å². The fourth-order valence-corrected chi connectivity index (χ4v) is 3.01. The summed E-state index contributed by atoms with van der Waals surface area (Å²) in [5.74, 6) is -1.20. The molecule has 1 aliphatic heterocycles. The highest BCUT2D eigenvalue weighted by molar-refractivity contribution is 6.02. The van der Waals surface area contributed by atoms with Gasteiger partial charge in [-0.3, -0.25) is 14.5 Å². The molecule has 0 atom stereocenters. The van der Waals surface area contributed by atoms with Crippen molar-refractivity contribution >= 4 is 11.9 Å². The number of aliphatic carboxylic acids is 1. The van der Waals surface area contributed by atoms with E-state index < -0.39 is 17.0 Å². The molecule has 0 bridgehead atoms. The summed E-state index contributed by atoms with van der Waals surface area (Å²) in [4.78, 5) is 27.5. The zero-order valence-electron chi connectivity index (χ0n) is 12.3. The van der Waals surface area contributed by atoms with Gasteiger partial charge in [0.15, 0.2) is 0 Å². The van der Waals surface area contributed by atoms with Crippen LogP contribution >= 0.6 is 0 Å². The summed E-state index contributed by atoms with van der Waals surface area (Å²) in [6.45, 7) is 6.56. The number of rotatable bonds is 4. The number of hydrogen-bond donors (Lipinski definition) is 2. The summed E-state index contributed by atoms with van der Waals surface area (Å²) in [6.07, 6.45) is 1.74. The Kier molecular flexibility index (Phi) is 4.07. The Morgan fingerprint density at radius 2 is 1.70 bits per heavy atom. The van der Waals surface area contributed by atoms with Crippen molar-refractivity contribution in [3.8, 4) is 0 Å². The largest absolute Gasteiger partial charge is 0.480 e. The summed E-state index contributed by atoms with van der Waals surface area (Å²) in [5, 5.41) is 19.1. The Bertz CT molecular complexity index is 390. The van der Waals surface area contributed by atoms with E-state index in [1.807, 2.05) is 0 Å². The number of carbonyl (C=O) groups is 2. The van der Waals surface area contributed by atoms with Crippen LogP contribution in [0.15, 0.2) is 0 Å². The highest BCUT2D eigenvalue weighted by Crippen LogP contribution is 2.43. The van der Waals surface area contributed by atoms with E-state index in [4.69, 9.17) is 0 Å². The number of hydrogen-bond acceptors (Lipinski definition) is 4. The van der Waals surface area contributed by atoms with Gasteiger partial charge in [-0.2, -0.15) is 0 Å². The molecule has 1 amide bonds. The molecule has 1 heterocycles. The third kappa shape index (κ3) is 2.96. The van der Waals surface area contributed by atoms with Crippen molar-refractivity contribution < 1.29 is 19.8 Å². The quantitative estimate of drug-likeness (QED) is 0.719. The Morgan fingerprint density at radius 3 is 2.05 bits per heavy atom. The SMILES string of the molecule is CC(C)(O)CN1CCN(C(=O)C2(C(=O)O)CCC2)CC1. The van der Waals surface area contributed by atoms with Crippen LogP contribution in [-0.2, 0) is 9.59 Å². The van der Waals surface area contributed by atoms with E-state index in [1.54, 1.807) is 18.7 Å². The Labute approximate surface area is 119 Å². The van der Waals surface area contributed by atoms with E-state index in [0.717, 1.165) is 6.42 Å². The van der Waals surface area contributed by atoms with Crippen LogP contribution in [0, 0.1) is 5.41 Å². The summed E-state index contributed by atoms with van der Waals surface area (Å²) < 4.78 is 0. The maximum atomic E-state index is 12.4. The normalized spacial score (nSPS) is 23.2. The smallest absolute Gasteiger partial charge is 0.319 e. The van der Waals surface area contributed by atoms with E-state index in [1.165, 1.54) is 0 Å². The van der Waals surface area contributed by atoms with Crippen LogP contribution in [0.5, 0.6) is 0 Å². The third-order valence-electron chi connectivity index (χ3n) is 4.30. The van der Waals surface area contributed by atoms with Gasteiger partial charge in [0.2, 0.25) is 5.91 Å². The van der Waals surface area contributed by atoms with Crippen LogP contribution in [0.3, 0.4) is 0 Å². The molecule has 114 valence electrons. The Balaban J connectivity index is 1.91. The number of carbonyl (C=O) groups excluding carboxylic acids is 1. The molecule has 2 rings (SSSR count). The van der Waals surface area contributed by atoms with Gasteiger partial charge in [-0.05, 0) is 26.7 Å². The van der Waals surface area contributed by atoms with Crippen LogP contribution in [0.1, 0.15) is 33.1 Å². The maximum absolute atomic E-state index is 12.4. The fraction of sp³-hybridized carbons (Fsp3) is 0.857. The molecule has 0 radical (unpaired) electrons. The summed E-state index contributed by atoms with van der Waals surface area (Å²) in [5.41, 5.74) is -1.90. The molecule has 2 N–H and O–H groups in total. The molecule has 1 saturated carbocycles. The van der Waals surface area contributed by atoms with Gasteiger partial charge < -0.3 is 15.1 Å². The molecule has 0 aromatic heterocycles. The second-order valence-electron chi connectivity index (χ2n) is 6.62. The van der Waals surface area contributed by atoms with Gasteiger partial charge >= 0.3 is 5.97 Å². The van der Waals surface area contributed by atoms with Gasteiger partial charge in [0.1, 0.15) is 5.41 Å². The van der Waals surface area contributed by atoms with Gasteiger partial charge in [0.25, 0.3) is 0 Å². The second kappa shape index (κ2) is 5.33. The first kappa shape index (κ1) is 15.3. The number of piperazine rings is 1. The van der Waals surface area contributed by atoms with Crippen molar-refractivity contribution in [2.45, 2.75) is 38.7 Å². The molecule has 0 aromatic rings. The lowest BCUT2D eigenvalue weighted by Gasteiger charge is -2.43. The molecule has 6 heteroatoms.